The summed E-state index contributed by atoms with van der Waals surface area (Å²) in [5, 5.41) is 0. The van der Waals surface area contributed by atoms with Crippen LogP contribution in [0.3, 0.4) is 0 Å². The fraction of sp³-hybridized carbons (Fsp3) is 0.625. The number of esters is 3. The van der Waals surface area contributed by atoms with E-state index in [9.17, 15) is 14.4 Å². The van der Waals surface area contributed by atoms with E-state index in [1.165, 1.54) is 83.5 Å². The van der Waals surface area contributed by atoms with Gasteiger partial charge in [-0.15, -0.1) is 0 Å². The van der Waals surface area contributed by atoms with E-state index in [0.717, 1.165) is 141 Å². The molecule has 78 heavy (non-hydrogen) atoms. The Morgan fingerprint density at radius 2 is 0.500 bits per heavy atom. The Bertz CT molecular complexity index is 1710. The van der Waals surface area contributed by atoms with Gasteiger partial charge >= 0.3 is 17.9 Å². The molecule has 0 radical (unpaired) electrons. The van der Waals surface area contributed by atoms with E-state index in [0.29, 0.717) is 25.7 Å². The summed E-state index contributed by atoms with van der Waals surface area (Å²) in [6.07, 6.45) is 92.8. The maximum atomic E-state index is 12.9. The van der Waals surface area contributed by atoms with Crippen LogP contribution < -0.4 is 0 Å². The molecule has 0 saturated heterocycles. The summed E-state index contributed by atoms with van der Waals surface area (Å²) in [5.74, 6) is -0.976. The summed E-state index contributed by atoms with van der Waals surface area (Å²) < 4.78 is 16.8. The maximum absolute atomic E-state index is 12.9. The average Bonchev–Trinajstić information content (AvgIpc) is 3.44. The normalized spacial score (nSPS) is 13.1. The lowest BCUT2D eigenvalue weighted by molar-refractivity contribution is -0.167. The Morgan fingerprint density at radius 1 is 0.269 bits per heavy atom. The maximum Gasteiger partial charge on any atom is 0.306 e. The highest BCUT2D eigenvalue weighted by Crippen LogP contribution is 2.14. The molecular weight excluding hydrogens is 961 g/mol. The molecule has 0 heterocycles. The van der Waals surface area contributed by atoms with Crippen molar-refractivity contribution in [3.63, 3.8) is 0 Å². The van der Waals surface area contributed by atoms with Crippen molar-refractivity contribution in [2.24, 2.45) is 0 Å². The lowest BCUT2D eigenvalue weighted by atomic mass is 10.1. The van der Waals surface area contributed by atoms with E-state index in [1.807, 2.05) is 0 Å². The van der Waals surface area contributed by atoms with E-state index in [4.69, 9.17) is 14.2 Å². The molecule has 0 aliphatic carbocycles. The van der Waals surface area contributed by atoms with Crippen LogP contribution in [-0.2, 0) is 28.6 Å². The first-order valence-corrected chi connectivity index (χ1v) is 31.8. The van der Waals surface area contributed by atoms with Gasteiger partial charge < -0.3 is 14.2 Å². The van der Waals surface area contributed by atoms with Crippen molar-refractivity contribution in [1.82, 2.24) is 0 Å². The third-order valence-electron chi connectivity index (χ3n) is 13.0. The standard InChI is InChI=1S/C72H116O6/c1-4-7-10-13-16-19-22-25-27-29-31-33-34-35-36-37-38-40-41-43-45-47-50-53-56-59-62-65-71(74)77-68-69(67-76-70(73)64-61-58-55-52-49-24-21-18-15-12-9-6-3)78-72(75)66-63-60-57-54-51-48-46-44-42-39-32-30-28-26-23-20-17-14-11-8-5-2/h7,10,16,18-19,21,23,25-27,30-33,35-36,38,40,42-45,50,53,69H,4-6,8-9,11-15,17,20,22,24,28-29,34,37,39,41,46-49,51-52,54-68H2,1-3H3/b10-7-,19-16-,21-18-,26-23-,27-25-,32-30-,33-31-,36-35-,40-38-,44-42-,45-43-,53-50-. The highest BCUT2D eigenvalue weighted by molar-refractivity contribution is 5.71. The number of unbranched alkanes of at least 4 members (excludes halogenated alkanes) is 21. The summed E-state index contributed by atoms with van der Waals surface area (Å²) in [7, 11) is 0. The summed E-state index contributed by atoms with van der Waals surface area (Å²) in [6.45, 7) is 6.43. The molecule has 440 valence electrons. The second-order valence-electron chi connectivity index (χ2n) is 20.6. The molecule has 0 spiro atoms. The Balaban J connectivity index is 4.46. The zero-order valence-corrected chi connectivity index (χ0v) is 50.4. The van der Waals surface area contributed by atoms with Gasteiger partial charge in [0.2, 0.25) is 0 Å². The van der Waals surface area contributed by atoms with E-state index in [-0.39, 0.29) is 31.1 Å². The second kappa shape index (κ2) is 64.8. The molecule has 0 aromatic carbocycles. The number of carbonyl (C=O) groups is 3. The number of allylic oxidation sites excluding steroid dienone is 24. The molecule has 0 rings (SSSR count). The molecule has 0 fully saturated rings. The van der Waals surface area contributed by atoms with Crippen molar-refractivity contribution >= 4 is 17.9 Å². The average molecular weight is 1080 g/mol. The monoisotopic (exact) mass is 1080 g/mol. The first-order valence-electron chi connectivity index (χ1n) is 31.8. The summed E-state index contributed by atoms with van der Waals surface area (Å²) in [5.41, 5.74) is 0. The van der Waals surface area contributed by atoms with Gasteiger partial charge in [-0.2, -0.15) is 0 Å². The van der Waals surface area contributed by atoms with Crippen molar-refractivity contribution in [2.45, 2.75) is 277 Å². The molecule has 0 aliphatic rings. The number of carbonyl (C=O) groups excluding carboxylic acids is 3. The first-order chi connectivity index (χ1) is 38.5. The lowest BCUT2D eigenvalue weighted by Gasteiger charge is -2.18. The molecule has 0 saturated carbocycles. The molecule has 0 aromatic rings. The highest BCUT2D eigenvalue weighted by atomic mass is 16.6. The van der Waals surface area contributed by atoms with Crippen molar-refractivity contribution in [2.75, 3.05) is 13.2 Å². The van der Waals surface area contributed by atoms with Crippen LogP contribution in [-0.4, -0.2) is 37.2 Å². The predicted molar refractivity (Wildman–Crippen MR) is 339 cm³/mol. The quantitative estimate of drug-likeness (QED) is 0.0261. The molecule has 0 aromatic heterocycles. The predicted octanol–water partition coefficient (Wildman–Crippen LogP) is 21.9. The van der Waals surface area contributed by atoms with E-state index in [1.54, 1.807) is 0 Å². The molecule has 1 atom stereocenters. The van der Waals surface area contributed by atoms with Gasteiger partial charge in [-0.1, -0.05) is 250 Å². The zero-order valence-electron chi connectivity index (χ0n) is 50.4. The third-order valence-corrected chi connectivity index (χ3v) is 13.0. The topological polar surface area (TPSA) is 78.9 Å². The van der Waals surface area contributed by atoms with Gasteiger partial charge in [-0.05, 0) is 148 Å². The van der Waals surface area contributed by atoms with Gasteiger partial charge in [0, 0.05) is 19.3 Å². The fourth-order valence-corrected chi connectivity index (χ4v) is 8.28. The van der Waals surface area contributed by atoms with E-state index >= 15 is 0 Å². The number of rotatable bonds is 56. The zero-order chi connectivity index (χ0) is 56.4. The SMILES string of the molecule is CC/C=C\C/C=C\C/C=C\C/C=C\C/C=C\C/C=C\C/C=C\C/C=C\CCCCC(=O)OCC(COC(=O)CCCCCCC/C=C\CCCCC)OC(=O)CCCCCCCC/C=C\C/C=C\C/C=C\CCCCCCC. The molecular formula is C72H116O6. The van der Waals surface area contributed by atoms with Gasteiger partial charge in [0.1, 0.15) is 13.2 Å². The molecule has 0 amide bonds. The van der Waals surface area contributed by atoms with Gasteiger partial charge in [0.25, 0.3) is 0 Å². The van der Waals surface area contributed by atoms with Crippen LogP contribution in [0, 0.1) is 0 Å². The van der Waals surface area contributed by atoms with Crippen molar-refractivity contribution in [1.29, 1.82) is 0 Å². The fourth-order valence-electron chi connectivity index (χ4n) is 8.28. The minimum Gasteiger partial charge on any atom is -0.462 e. The Kier molecular flexibility index (Phi) is 60.9. The smallest absolute Gasteiger partial charge is 0.306 e. The molecule has 0 aliphatic heterocycles. The van der Waals surface area contributed by atoms with Gasteiger partial charge in [-0.3, -0.25) is 14.4 Å². The summed E-state index contributed by atoms with van der Waals surface area (Å²) >= 11 is 0. The Labute approximate surface area is 480 Å². The number of ether oxygens (including phenoxy) is 3. The first kappa shape index (κ1) is 73.3. The van der Waals surface area contributed by atoms with Crippen LogP contribution in [0.5, 0.6) is 0 Å². The van der Waals surface area contributed by atoms with Crippen molar-refractivity contribution < 1.29 is 28.6 Å². The number of hydrogen-bond donors (Lipinski definition) is 0. The highest BCUT2D eigenvalue weighted by Gasteiger charge is 2.19. The van der Waals surface area contributed by atoms with Crippen molar-refractivity contribution in [3.8, 4) is 0 Å². The minimum atomic E-state index is -0.814. The minimum absolute atomic E-state index is 0.107. The van der Waals surface area contributed by atoms with Crippen LogP contribution in [0.2, 0.25) is 0 Å². The lowest BCUT2D eigenvalue weighted by Crippen LogP contribution is -2.30. The van der Waals surface area contributed by atoms with Crippen molar-refractivity contribution in [3.05, 3.63) is 146 Å². The van der Waals surface area contributed by atoms with Gasteiger partial charge in [-0.25, -0.2) is 0 Å². The van der Waals surface area contributed by atoms with E-state index in [2.05, 4.69) is 167 Å². The van der Waals surface area contributed by atoms with Crippen LogP contribution >= 0.6 is 0 Å². The second-order valence-corrected chi connectivity index (χ2v) is 20.6. The van der Waals surface area contributed by atoms with Gasteiger partial charge in [0.05, 0.1) is 0 Å². The summed E-state index contributed by atoms with van der Waals surface area (Å²) in [6, 6.07) is 0. The Morgan fingerprint density at radius 3 is 0.846 bits per heavy atom. The molecule has 0 N–H and O–H groups in total. The largest absolute Gasteiger partial charge is 0.462 e. The van der Waals surface area contributed by atoms with E-state index < -0.39 is 6.10 Å². The van der Waals surface area contributed by atoms with Crippen LogP contribution in [0.25, 0.3) is 0 Å². The molecule has 0 bridgehead atoms. The summed E-state index contributed by atoms with van der Waals surface area (Å²) in [4.78, 5) is 38.3. The van der Waals surface area contributed by atoms with Crippen LogP contribution in [0.1, 0.15) is 271 Å². The molecule has 6 heteroatoms. The van der Waals surface area contributed by atoms with Gasteiger partial charge in [0.15, 0.2) is 6.10 Å². The third kappa shape index (κ3) is 62.1. The molecule has 6 nitrogen and oxygen atoms in total. The van der Waals surface area contributed by atoms with Crippen LogP contribution in [0.15, 0.2) is 146 Å². The number of hydrogen-bond acceptors (Lipinski definition) is 6. The Hall–Kier alpha value is -4.71. The van der Waals surface area contributed by atoms with Crippen LogP contribution in [0.4, 0.5) is 0 Å². The molecule has 1 unspecified atom stereocenters.